The Bertz CT molecular complexity index is 510. The lowest BCUT2D eigenvalue weighted by Gasteiger charge is -1.91. The van der Waals surface area contributed by atoms with Gasteiger partial charge in [-0.1, -0.05) is 0 Å². The van der Waals surface area contributed by atoms with Gasteiger partial charge in [0.2, 0.25) is 0 Å². The second-order valence-electron chi connectivity index (χ2n) is 2.65. The van der Waals surface area contributed by atoms with Crippen LogP contribution in [0.4, 0.5) is 0 Å². The molecular weight excluding hydrogens is 279 g/mol. The molecule has 0 saturated carbocycles. The van der Waals surface area contributed by atoms with Gasteiger partial charge >= 0.3 is 0 Å². The van der Waals surface area contributed by atoms with Crippen molar-refractivity contribution in [2.24, 2.45) is 0 Å². The van der Waals surface area contributed by atoms with Crippen molar-refractivity contribution in [1.82, 2.24) is 4.98 Å². The first kappa shape index (κ1) is 8.51. The maximum absolute atomic E-state index is 8.72. The van der Waals surface area contributed by atoms with Gasteiger partial charge in [0.05, 0.1) is 15.2 Å². The highest BCUT2D eigenvalue weighted by molar-refractivity contribution is 14.1. The number of fused-ring (bicyclic) bond motifs is 1. The Balaban J connectivity index is 2.85. The topological polar surface area (TPSA) is 49.8 Å². The number of halogens is 1. The Morgan fingerprint density at radius 2 is 2.31 bits per heavy atom. The smallest absolute Gasteiger partial charge is 0.192 e. The lowest BCUT2D eigenvalue weighted by molar-refractivity contribution is 0.559. The Labute approximate surface area is 88.5 Å². The van der Waals surface area contributed by atoms with E-state index in [4.69, 9.17) is 9.68 Å². The van der Waals surface area contributed by atoms with Crippen LogP contribution in [0.5, 0.6) is 0 Å². The van der Waals surface area contributed by atoms with E-state index in [1.165, 1.54) is 0 Å². The fourth-order valence-electron chi connectivity index (χ4n) is 1.17. The zero-order valence-corrected chi connectivity index (χ0v) is 8.99. The molecule has 64 valence electrons. The van der Waals surface area contributed by atoms with Gasteiger partial charge in [-0.2, -0.15) is 5.26 Å². The molecule has 0 unspecified atom stereocenters. The number of nitrogens with zero attached hydrogens (tertiary/aromatic N) is 2. The van der Waals surface area contributed by atoms with Gasteiger partial charge in [0.25, 0.3) is 0 Å². The molecule has 0 N–H and O–H groups in total. The third-order valence-electron chi connectivity index (χ3n) is 1.68. The van der Waals surface area contributed by atoms with E-state index in [2.05, 4.69) is 33.6 Å². The molecule has 0 aliphatic carbocycles. The molecule has 0 aliphatic heterocycles. The normalized spacial score (nSPS) is 10.2. The van der Waals surface area contributed by atoms with Crippen molar-refractivity contribution < 1.29 is 4.42 Å². The van der Waals surface area contributed by atoms with Crippen LogP contribution < -0.4 is 0 Å². The number of nitriles is 1. The molecule has 4 heteroatoms. The maximum Gasteiger partial charge on any atom is 0.192 e. The van der Waals surface area contributed by atoms with Crippen LogP contribution in [0.25, 0.3) is 11.1 Å². The van der Waals surface area contributed by atoms with Gasteiger partial charge in [-0.3, -0.25) is 0 Å². The van der Waals surface area contributed by atoms with Crippen molar-refractivity contribution in [3.8, 4) is 6.07 Å². The van der Waals surface area contributed by atoms with Crippen molar-refractivity contribution in [2.75, 3.05) is 0 Å². The quantitative estimate of drug-likeness (QED) is 0.699. The first-order valence-electron chi connectivity index (χ1n) is 3.67. The van der Waals surface area contributed by atoms with Gasteiger partial charge in [-0.05, 0) is 34.7 Å². The van der Waals surface area contributed by atoms with E-state index in [1.54, 1.807) is 19.1 Å². The summed E-state index contributed by atoms with van der Waals surface area (Å²) < 4.78 is 6.29. The van der Waals surface area contributed by atoms with Crippen molar-refractivity contribution in [2.45, 2.75) is 6.92 Å². The van der Waals surface area contributed by atoms with Crippen LogP contribution in [0.2, 0.25) is 0 Å². The number of aromatic nitrogens is 1. The third kappa shape index (κ3) is 1.40. The van der Waals surface area contributed by atoms with E-state index in [0.29, 0.717) is 11.5 Å². The summed E-state index contributed by atoms with van der Waals surface area (Å²) in [4.78, 5) is 4.16. The molecule has 13 heavy (non-hydrogen) atoms. The summed E-state index contributed by atoms with van der Waals surface area (Å²) >= 11 is 2.14. The second-order valence-corrected chi connectivity index (χ2v) is 3.81. The van der Waals surface area contributed by atoms with Crippen molar-refractivity contribution >= 4 is 33.7 Å². The van der Waals surface area contributed by atoms with E-state index in [0.717, 1.165) is 14.7 Å². The minimum absolute atomic E-state index is 0.616. The molecule has 0 fully saturated rings. The number of hydrogen-bond acceptors (Lipinski definition) is 3. The molecule has 0 bridgehead atoms. The maximum atomic E-state index is 8.72. The summed E-state index contributed by atoms with van der Waals surface area (Å²) in [5, 5.41) is 8.72. The van der Waals surface area contributed by atoms with Gasteiger partial charge in [0.15, 0.2) is 11.5 Å². The highest BCUT2D eigenvalue weighted by Gasteiger charge is 2.07. The van der Waals surface area contributed by atoms with Gasteiger partial charge in [0.1, 0.15) is 5.52 Å². The Kier molecular flexibility index (Phi) is 1.96. The van der Waals surface area contributed by atoms with Crippen molar-refractivity contribution in [3.63, 3.8) is 0 Å². The Morgan fingerprint density at radius 3 is 3.00 bits per heavy atom. The average molecular weight is 284 g/mol. The van der Waals surface area contributed by atoms with E-state index < -0.39 is 0 Å². The van der Waals surface area contributed by atoms with Crippen LogP contribution in [-0.4, -0.2) is 4.98 Å². The second kappa shape index (κ2) is 3.00. The Hall–Kier alpha value is -1.09. The molecule has 3 nitrogen and oxygen atoms in total. The van der Waals surface area contributed by atoms with Gasteiger partial charge in [0, 0.05) is 6.92 Å². The molecule has 0 saturated heterocycles. The first-order valence-corrected chi connectivity index (χ1v) is 4.75. The number of hydrogen-bond donors (Lipinski definition) is 0. The van der Waals surface area contributed by atoms with Crippen LogP contribution >= 0.6 is 22.6 Å². The van der Waals surface area contributed by atoms with Crippen molar-refractivity contribution in [3.05, 3.63) is 27.2 Å². The highest BCUT2D eigenvalue weighted by Crippen LogP contribution is 2.22. The molecule has 2 rings (SSSR count). The van der Waals surface area contributed by atoms with E-state index in [1.807, 2.05) is 0 Å². The zero-order chi connectivity index (χ0) is 9.42. The van der Waals surface area contributed by atoms with Gasteiger partial charge in [-0.15, -0.1) is 0 Å². The Morgan fingerprint density at radius 1 is 1.54 bits per heavy atom. The van der Waals surface area contributed by atoms with Crippen LogP contribution in [0.1, 0.15) is 11.5 Å². The van der Waals surface area contributed by atoms with Crippen LogP contribution in [-0.2, 0) is 0 Å². The largest absolute Gasteiger partial charge is 0.440 e. The van der Waals surface area contributed by atoms with E-state index in [-0.39, 0.29) is 0 Å². The molecule has 2 aromatic rings. The van der Waals surface area contributed by atoms with Crippen LogP contribution in [0.15, 0.2) is 16.5 Å². The average Bonchev–Trinajstić information content (AvgIpc) is 2.46. The summed E-state index contributed by atoms with van der Waals surface area (Å²) in [5.41, 5.74) is 2.13. The van der Waals surface area contributed by atoms with Crippen LogP contribution in [0, 0.1) is 21.8 Å². The van der Waals surface area contributed by atoms with E-state index >= 15 is 0 Å². The molecule has 0 aliphatic rings. The fourth-order valence-corrected chi connectivity index (χ4v) is 1.89. The zero-order valence-electron chi connectivity index (χ0n) is 6.84. The lowest BCUT2D eigenvalue weighted by Crippen LogP contribution is -1.78. The highest BCUT2D eigenvalue weighted by atomic mass is 127. The van der Waals surface area contributed by atoms with E-state index in [9.17, 15) is 0 Å². The SMILES string of the molecule is Cc1nc2cc(C#N)cc(I)c2o1. The lowest BCUT2D eigenvalue weighted by atomic mass is 10.2. The molecule has 0 amide bonds. The number of benzene rings is 1. The van der Waals surface area contributed by atoms with Crippen molar-refractivity contribution in [1.29, 1.82) is 5.26 Å². The minimum Gasteiger partial charge on any atom is -0.440 e. The molecule has 1 heterocycles. The summed E-state index contributed by atoms with van der Waals surface area (Å²) in [6.07, 6.45) is 0. The monoisotopic (exact) mass is 284 g/mol. The summed E-state index contributed by atoms with van der Waals surface area (Å²) in [5.74, 6) is 0.628. The fraction of sp³-hybridized carbons (Fsp3) is 0.111. The van der Waals surface area contributed by atoms with Crippen LogP contribution in [0.3, 0.4) is 0 Å². The van der Waals surface area contributed by atoms with Gasteiger partial charge in [-0.25, -0.2) is 4.98 Å². The summed E-state index contributed by atoms with van der Waals surface area (Å²) in [7, 11) is 0. The first-order chi connectivity index (χ1) is 6.20. The molecule has 0 atom stereocenters. The molecule has 1 aromatic heterocycles. The number of aryl methyl sites for hydroxylation is 1. The third-order valence-corrected chi connectivity index (χ3v) is 2.48. The summed E-state index contributed by atoms with van der Waals surface area (Å²) in [6, 6.07) is 5.60. The molecule has 0 radical (unpaired) electrons. The number of rotatable bonds is 0. The molecule has 0 spiro atoms. The van der Waals surface area contributed by atoms with Gasteiger partial charge < -0.3 is 4.42 Å². The molecule has 1 aromatic carbocycles. The predicted molar refractivity (Wildman–Crippen MR) is 56.2 cm³/mol. The predicted octanol–water partition coefficient (Wildman–Crippen LogP) is 2.61. The standard InChI is InChI=1S/C9H5IN2O/c1-5-12-8-3-6(4-11)2-7(10)9(8)13-5/h2-3H,1H3. The minimum atomic E-state index is 0.616. The summed E-state index contributed by atoms with van der Waals surface area (Å²) in [6.45, 7) is 1.79. The molecular formula is C9H5IN2O. The number of oxazole rings is 1.